The summed E-state index contributed by atoms with van der Waals surface area (Å²) in [5.74, 6) is 0.848. The molecule has 2 heterocycles. The average molecular weight is 216 g/mol. The molecule has 3 nitrogen and oxygen atoms in total. The second-order valence-electron chi connectivity index (χ2n) is 3.76. The number of furan rings is 1. The number of aryl methyl sites for hydroxylation is 1. The predicted octanol–water partition coefficient (Wildman–Crippen LogP) is 2.29. The van der Waals surface area contributed by atoms with E-state index in [1.54, 1.807) is 6.26 Å². The molecule has 0 unspecified atom stereocenters. The van der Waals surface area contributed by atoms with Crippen molar-refractivity contribution >= 4 is 0 Å². The molecule has 0 radical (unpaired) electrons. The van der Waals surface area contributed by atoms with E-state index in [1.165, 1.54) is 5.56 Å². The maximum absolute atomic E-state index is 5.58. The highest BCUT2D eigenvalue weighted by molar-refractivity contribution is 5.24. The van der Waals surface area contributed by atoms with E-state index < -0.39 is 0 Å². The molecule has 84 valence electrons. The van der Waals surface area contributed by atoms with Gasteiger partial charge in [-0.15, -0.1) is 0 Å². The van der Waals surface area contributed by atoms with Crippen LogP contribution in [0.5, 0.6) is 0 Å². The quantitative estimate of drug-likeness (QED) is 0.853. The Kier molecular flexibility index (Phi) is 3.37. The Morgan fingerprint density at radius 2 is 2.19 bits per heavy atom. The lowest BCUT2D eigenvalue weighted by Crippen LogP contribution is -2.00. The molecule has 0 saturated carbocycles. The predicted molar refractivity (Wildman–Crippen MR) is 63.0 cm³/mol. The van der Waals surface area contributed by atoms with Crippen LogP contribution in [0.25, 0.3) is 0 Å². The second kappa shape index (κ2) is 4.94. The van der Waals surface area contributed by atoms with Crippen LogP contribution in [0.3, 0.4) is 0 Å². The summed E-state index contributed by atoms with van der Waals surface area (Å²) in [5, 5.41) is 0. The van der Waals surface area contributed by atoms with Crippen LogP contribution in [-0.2, 0) is 19.4 Å². The van der Waals surface area contributed by atoms with Gasteiger partial charge in [-0.25, -0.2) is 0 Å². The third-order valence-electron chi connectivity index (χ3n) is 2.69. The van der Waals surface area contributed by atoms with Gasteiger partial charge in [0.1, 0.15) is 5.76 Å². The van der Waals surface area contributed by atoms with Gasteiger partial charge in [0.25, 0.3) is 0 Å². The van der Waals surface area contributed by atoms with Crippen molar-refractivity contribution in [2.45, 2.75) is 26.3 Å². The van der Waals surface area contributed by atoms with Gasteiger partial charge in [-0.1, -0.05) is 13.0 Å². The maximum Gasteiger partial charge on any atom is 0.120 e. The molecule has 0 amide bonds. The van der Waals surface area contributed by atoms with E-state index in [2.05, 4.69) is 24.0 Å². The molecule has 2 rings (SSSR count). The minimum absolute atomic E-state index is 0.440. The highest BCUT2D eigenvalue weighted by Gasteiger charge is 2.06. The average Bonchev–Trinajstić information content (AvgIpc) is 2.77. The minimum Gasteiger partial charge on any atom is -0.468 e. The molecule has 0 spiro atoms. The van der Waals surface area contributed by atoms with Crippen LogP contribution in [0.4, 0.5) is 0 Å². The molecule has 0 aliphatic rings. The molecule has 0 fully saturated rings. The van der Waals surface area contributed by atoms with Crippen LogP contribution < -0.4 is 5.73 Å². The van der Waals surface area contributed by atoms with Crippen LogP contribution in [0.1, 0.15) is 29.5 Å². The Morgan fingerprint density at radius 1 is 1.31 bits per heavy atom. The molecule has 2 aromatic rings. The van der Waals surface area contributed by atoms with Gasteiger partial charge in [0, 0.05) is 23.9 Å². The number of nitrogens with two attached hydrogens (primary N) is 1. The maximum atomic E-state index is 5.58. The van der Waals surface area contributed by atoms with Crippen molar-refractivity contribution in [3.8, 4) is 0 Å². The third-order valence-corrected chi connectivity index (χ3v) is 2.69. The van der Waals surface area contributed by atoms with Crippen molar-refractivity contribution in [1.82, 2.24) is 4.98 Å². The SMILES string of the molecule is CCc1ccc(Cc2ccoc2CN)nc1. The largest absolute Gasteiger partial charge is 0.468 e. The van der Waals surface area contributed by atoms with Crippen LogP contribution in [0.2, 0.25) is 0 Å². The molecular formula is C13H16N2O. The zero-order chi connectivity index (χ0) is 11.4. The number of rotatable bonds is 4. The molecule has 0 saturated heterocycles. The zero-order valence-electron chi connectivity index (χ0n) is 9.44. The number of pyridine rings is 1. The van der Waals surface area contributed by atoms with Crippen LogP contribution in [0, 0.1) is 0 Å². The summed E-state index contributed by atoms with van der Waals surface area (Å²) in [6.07, 6.45) is 5.41. The molecule has 0 aliphatic heterocycles. The van der Waals surface area contributed by atoms with Crippen LogP contribution >= 0.6 is 0 Å². The van der Waals surface area contributed by atoms with Gasteiger partial charge in [-0.2, -0.15) is 0 Å². The molecule has 2 aromatic heterocycles. The molecule has 3 heteroatoms. The van der Waals surface area contributed by atoms with E-state index in [0.29, 0.717) is 6.54 Å². The van der Waals surface area contributed by atoms with Gasteiger partial charge in [-0.3, -0.25) is 4.98 Å². The van der Waals surface area contributed by atoms with Crippen molar-refractivity contribution in [1.29, 1.82) is 0 Å². The summed E-state index contributed by atoms with van der Waals surface area (Å²) >= 11 is 0. The van der Waals surface area contributed by atoms with Gasteiger partial charge in [-0.05, 0) is 24.1 Å². The summed E-state index contributed by atoms with van der Waals surface area (Å²) in [6, 6.07) is 6.13. The first-order chi connectivity index (χ1) is 7.83. The van der Waals surface area contributed by atoms with Crippen molar-refractivity contribution < 1.29 is 4.42 Å². The standard InChI is InChI=1S/C13H16N2O/c1-2-10-3-4-12(15-9-10)7-11-5-6-16-13(11)8-14/h3-6,9H,2,7-8,14H2,1H3. The molecule has 0 aliphatic carbocycles. The van der Waals surface area contributed by atoms with Gasteiger partial charge >= 0.3 is 0 Å². The lowest BCUT2D eigenvalue weighted by molar-refractivity contribution is 0.508. The molecule has 2 N–H and O–H groups in total. The summed E-state index contributed by atoms with van der Waals surface area (Å²) in [6.45, 7) is 2.56. The lowest BCUT2D eigenvalue weighted by atomic mass is 10.1. The van der Waals surface area contributed by atoms with Crippen molar-refractivity contribution in [3.63, 3.8) is 0 Å². The molecule has 16 heavy (non-hydrogen) atoms. The Balaban J connectivity index is 2.14. The van der Waals surface area contributed by atoms with Crippen molar-refractivity contribution in [2.75, 3.05) is 0 Å². The third kappa shape index (κ3) is 2.31. The first-order valence-corrected chi connectivity index (χ1v) is 5.52. The normalized spacial score (nSPS) is 10.6. The van der Waals surface area contributed by atoms with E-state index in [1.807, 2.05) is 12.3 Å². The highest BCUT2D eigenvalue weighted by atomic mass is 16.3. The van der Waals surface area contributed by atoms with E-state index >= 15 is 0 Å². The van der Waals surface area contributed by atoms with Crippen molar-refractivity contribution in [2.24, 2.45) is 5.73 Å². The molecule has 0 atom stereocenters. The summed E-state index contributed by atoms with van der Waals surface area (Å²) in [5.41, 5.74) is 9.01. The van der Waals surface area contributed by atoms with Gasteiger partial charge in [0.2, 0.25) is 0 Å². The molecule has 0 bridgehead atoms. The van der Waals surface area contributed by atoms with Gasteiger partial charge < -0.3 is 10.2 Å². The fourth-order valence-corrected chi connectivity index (χ4v) is 1.67. The van der Waals surface area contributed by atoms with E-state index in [0.717, 1.165) is 29.9 Å². The van der Waals surface area contributed by atoms with Crippen molar-refractivity contribution in [3.05, 3.63) is 53.2 Å². The molecular weight excluding hydrogens is 200 g/mol. The summed E-state index contributed by atoms with van der Waals surface area (Å²) < 4.78 is 5.28. The van der Waals surface area contributed by atoms with Gasteiger partial charge in [0.15, 0.2) is 0 Å². The Morgan fingerprint density at radius 3 is 2.81 bits per heavy atom. The summed E-state index contributed by atoms with van der Waals surface area (Å²) in [4.78, 5) is 4.42. The fourth-order valence-electron chi connectivity index (χ4n) is 1.67. The van der Waals surface area contributed by atoms with Gasteiger partial charge in [0.05, 0.1) is 12.8 Å². The topological polar surface area (TPSA) is 52.0 Å². The van der Waals surface area contributed by atoms with Crippen LogP contribution in [-0.4, -0.2) is 4.98 Å². The summed E-state index contributed by atoms with van der Waals surface area (Å²) in [7, 11) is 0. The van der Waals surface area contributed by atoms with E-state index in [-0.39, 0.29) is 0 Å². The first-order valence-electron chi connectivity index (χ1n) is 5.52. The number of hydrogen-bond donors (Lipinski definition) is 1. The minimum atomic E-state index is 0.440. The number of aromatic nitrogens is 1. The Bertz CT molecular complexity index is 445. The lowest BCUT2D eigenvalue weighted by Gasteiger charge is -2.02. The first kappa shape index (κ1) is 10.9. The second-order valence-corrected chi connectivity index (χ2v) is 3.76. The number of nitrogens with zero attached hydrogens (tertiary/aromatic N) is 1. The number of hydrogen-bond acceptors (Lipinski definition) is 3. The van der Waals surface area contributed by atoms with E-state index in [9.17, 15) is 0 Å². The molecule has 0 aromatic carbocycles. The Hall–Kier alpha value is -1.61. The smallest absolute Gasteiger partial charge is 0.120 e. The van der Waals surface area contributed by atoms with Crippen LogP contribution in [0.15, 0.2) is 35.1 Å². The zero-order valence-corrected chi connectivity index (χ0v) is 9.44. The van der Waals surface area contributed by atoms with E-state index in [4.69, 9.17) is 10.2 Å². The monoisotopic (exact) mass is 216 g/mol. The highest BCUT2D eigenvalue weighted by Crippen LogP contribution is 2.14. The fraction of sp³-hybridized carbons (Fsp3) is 0.308. The Labute approximate surface area is 95.3 Å².